The molecule has 1 amide bonds. The second kappa shape index (κ2) is 8.19. The largest absolute Gasteiger partial charge is 0.481 e. The Kier molecular flexibility index (Phi) is 6.86. The summed E-state index contributed by atoms with van der Waals surface area (Å²) in [4.78, 5) is 23.0. The lowest BCUT2D eigenvalue weighted by molar-refractivity contribution is -0.147. The van der Waals surface area contributed by atoms with Crippen LogP contribution in [0, 0.1) is 11.8 Å². The Balaban J connectivity index is 2.35. The number of thioether (sulfide) groups is 1. The highest BCUT2D eigenvalue weighted by Gasteiger charge is 2.33. The van der Waals surface area contributed by atoms with Crippen molar-refractivity contribution in [2.75, 3.05) is 18.6 Å². The van der Waals surface area contributed by atoms with Crippen LogP contribution in [0.2, 0.25) is 0 Å². The van der Waals surface area contributed by atoms with Gasteiger partial charge in [-0.3, -0.25) is 9.59 Å². The van der Waals surface area contributed by atoms with Crippen LogP contribution in [-0.2, 0) is 9.59 Å². The lowest BCUT2D eigenvalue weighted by Gasteiger charge is -2.24. The summed E-state index contributed by atoms with van der Waals surface area (Å²) in [7, 11) is 0. The number of aliphatic carboxylic acids is 1. The first-order valence-corrected chi connectivity index (χ1v) is 7.70. The summed E-state index contributed by atoms with van der Waals surface area (Å²) in [6.45, 7) is 0.645. The summed E-state index contributed by atoms with van der Waals surface area (Å²) in [5, 5.41) is 11.9. The van der Waals surface area contributed by atoms with E-state index in [-0.39, 0.29) is 5.91 Å². The van der Waals surface area contributed by atoms with Crippen LogP contribution in [0.4, 0.5) is 0 Å². The Morgan fingerprint density at radius 2 is 1.94 bits per heavy atom. The molecule has 0 spiro atoms. The second-order valence-electron chi connectivity index (χ2n) is 4.48. The normalized spacial score (nSPS) is 22.7. The Morgan fingerprint density at radius 3 is 2.56 bits per heavy atom. The fourth-order valence-corrected chi connectivity index (χ4v) is 2.58. The third-order valence-electron chi connectivity index (χ3n) is 3.16. The zero-order valence-corrected chi connectivity index (χ0v) is 11.5. The first kappa shape index (κ1) is 15.1. The van der Waals surface area contributed by atoms with Crippen LogP contribution in [0.25, 0.3) is 0 Å². The maximum Gasteiger partial charge on any atom is 0.307 e. The molecule has 1 rings (SSSR count). The molecule has 0 saturated heterocycles. The number of amides is 1. The number of hydrogen-bond donors (Lipinski definition) is 2. The maximum absolute atomic E-state index is 11.9. The molecule has 0 aromatic heterocycles. The van der Waals surface area contributed by atoms with Crippen LogP contribution in [0.15, 0.2) is 12.2 Å². The van der Waals surface area contributed by atoms with Crippen molar-refractivity contribution in [3.05, 3.63) is 12.2 Å². The number of carboxylic acid groups (broad SMARTS) is 1. The number of carboxylic acids is 1. The van der Waals surface area contributed by atoms with Gasteiger partial charge in [0.05, 0.1) is 11.8 Å². The fraction of sp³-hybridized carbons (Fsp3) is 0.692. The molecule has 0 aromatic rings. The van der Waals surface area contributed by atoms with Gasteiger partial charge < -0.3 is 10.4 Å². The van der Waals surface area contributed by atoms with E-state index in [0.717, 1.165) is 18.6 Å². The van der Waals surface area contributed by atoms with E-state index in [0.29, 0.717) is 19.4 Å². The van der Waals surface area contributed by atoms with Crippen molar-refractivity contribution >= 4 is 23.6 Å². The van der Waals surface area contributed by atoms with E-state index in [1.165, 1.54) is 0 Å². The molecule has 0 fully saturated rings. The van der Waals surface area contributed by atoms with Crippen LogP contribution in [0.5, 0.6) is 0 Å². The van der Waals surface area contributed by atoms with Crippen molar-refractivity contribution in [2.24, 2.45) is 11.8 Å². The maximum atomic E-state index is 11.9. The molecule has 0 unspecified atom stereocenters. The average Bonchev–Trinajstić information content (AvgIpc) is 2.38. The number of nitrogens with one attached hydrogen (secondary N) is 1. The zero-order chi connectivity index (χ0) is 13.4. The molecule has 0 aliphatic heterocycles. The Bertz CT molecular complexity index is 317. The van der Waals surface area contributed by atoms with Gasteiger partial charge in [0.2, 0.25) is 5.91 Å². The first-order valence-electron chi connectivity index (χ1n) is 6.31. The quantitative estimate of drug-likeness (QED) is 0.548. The molecule has 18 heavy (non-hydrogen) atoms. The molecule has 0 bridgehead atoms. The molecular weight excluding hydrogens is 250 g/mol. The van der Waals surface area contributed by atoms with Crippen molar-refractivity contribution in [1.29, 1.82) is 0 Å². The summed E-state index contributed by atoms with van der Waals surface area (Å²) in [5.74, 6) is -0.869. The predicted octanol–water partition coefficient (Wildman–Crippen LogP) is 1.91. The molecule has 102 valence electrons. The van der Waals surface area contributed by atoms with Crippen LogP contribution < -0.4 is 5.32 Å². The van der Waals surface area contributed by atoms with E-state index in [1.54, 1.807) is 11.8 Å². The summed E-state index contributed by atoms with van der Waals surface area (Å²) in [6, 6.07) is 0. The molecule has 0 radical (unpaired) electrons. The van der Waals surface area contributed by atoms with Crippen molar-refractivity contribution < 1.29 is 14.7 Å². The van der Waals surface area contributed by atoms with Gasteiger partial charge >= 0.3 is 5.97 Å². The standard InChI is InChI=1S/C13H21NO3S/c1-18-9-5-4-8-14-12(15)10-6-2-3-7-11(10)13(16)17/h2-3,10-11H,4-9H2,1H3,(H,14,15)(H,16,17)/t10-,11+/m1/s1. The predicted molar refractivity (Wildman–Crippen MR) is 73.6 cm³/mol. The van der Waals surface area contributed by atoms with Gasteiger partial charge in [-0.1, -0.05) is 12.2 Å². The molecule has 4 nitrogen and oxygen atoms in total. The minimum absolute atomic E-state index is 0.115. The highest BCUT2D eigenvalue weighted by molar-refractivity contribution is 7.98. The average molecular weight is 271 g/mol. The van der Waals surface area contributed by atoms with Crippen LogP contribution in [0.1, 0.15) is 25.7 Å². The van der Waals surface area contributed by atoms with Gasteiger partial charge in [-0.25, -0.2) is 0 Å². The highest BCUT2D eigenvalue weighted by Crippen LogP contribution is 2.25. The second-order valence-corrected chi connectivity index (χ2v) is 5.47. The summed E-state index contributed by atoms with van der Waals surface area (Å²) >= 11 is 1.79. The first-order chi connectivity index (χ1) is 8.66. The molecule has 1 aliphatic carbocycles. The monoisotopic (exact) mass is 271 g/mol. The number of rotatable bonds is 7. The van der Waals surface area contributed by atoms with Gasteiger partial charge in [-0.05, 0) is 37.7 Å². The number of hydrogen-bond acceptors (Lipinski definition) is 3. The minimum atomic E-state index is -0.873. The number of unbranched alkanes of at least 4 members (excludes halogenated alkanes) is 1. The number of carbonyl (C=O) groups excluding carboxylic acids is 1. The molecule has 0 aromatic carbocycles. The van der Waals surface area contributed by atoms with Crippen molar-refractivity contribution in [2.45, 2.75) is 25.7 Å². The van der Waals surface area contributed by atoms with E-state index in [9.17, 15) is 9.59 Å². The Morgan fingerprint density at radius 1 is 1.28 bits per heavy atom. The molecule has 5 heteroatoms. The number of carbonyl (C=O) groups is 2. The SMILES string of the molecule is CSCCCCNC(=O)[C@@H]1CC=CC[C@@H]1C(=O)O. The third kappa shape index (κ3) is 4.72. The Labute approximate surface area is 112 Å². The summed E-state index contributed by atoms with van der Waals surface area (Å²) in [6.07, 6.45) is 8.83. The van der Waals surface area contributed by atoms with Crippen molar-refractivity contribution in [1.82, 2.24) is 5.32 Å². The van der Waals surface area contributed by atoms with Crippen molar-refractivity contribution in [3.8, 4) is 0 Å². The van der Waals surface area contributed by atoms with E-state index < -0.39 is 17.8 Å². The molecule has 1 aliphatic rings. The molecule has 2 atom stereocenters. The molecule has 2 N–H and O–H groups in total. The third-order valence-corrected chi connectivity index (χ3v) is 3.86. The number of allylic oxidation sites excluding steroid dienone is 2. The van der Waals surface area contributed by atoms with Gasteiger partial charge in [0.15, 0.2) is 0 Å². The van der Waals surface area contributed by atoms with Crippen molar-refractivity contribution in [3.63, 3.8) is 0 Å². The van der Waals surface area contributed by atoms with Gasteiger partial charge in [-0.2, -0.15) is 11.8 Å². The smallest absolute Gasteiger partial charge is 0.307 e. The Hall–Kier alpha value is -0.970. The fourth-order valence-electron chi connectivity index (χ4n) is 2.09. The summed E-state index contributed by atoms with van der Waals surface area (Å²) in [5.41, 5.74) is 0. The van der Waals surface area contributed by atoms with Crippen LogP contribution in [-0.4, -0.2) is 35.5 Å². The van der Waals surface area contributed by atoms with E-state index >= 15 is 0 Å². The topological polar surface area (TPSA) is 66.4 Å². The van der Waals surface area contributed by atoms with Gasteiger partial charge in [0.25, 0.3) is 0 Å². The van der Waals surface area contributed by atoms with Crippen LogP contribution in [0.3, 0.4) is 0 Å². The molecule has 0 heterocycles. The van der Waals surface area contributed by atoms with Gasteiger partial charge in [0.1, 0.15) is 0 Å². The van der Waals surface area contributed by atoms with Gasteiger partial charge in [-0.15, -0.1) is 0 Å². The molecule has 0 saturated carbocycles. The minimum Gasteiger partial charge on any atom is -0.481 e. The highest BCUT2D eigenvalue weighted by atomic mass is 32.2. The summed E-state index contributed by atoms with van der Waals surface area (Å²) < 4.78 is 0. The lowest BCUT2D eigenvalue weighted by atomic mass is 9.82. The molecular formula is C13H21NO3S. The van der Waals surface area contributed by atoms with Gasteiger partial charge in [0, 0.05) is 6.54 Å². The lowest BCUT2D eigenvalue weighted by Crippen LogP contribution is -2.39. The van der Waals surface area contributed by atoms with Crippen LogP contribution >= 0.6 is 11.8 Å². The van der Waals surface area contributed by atoms with E-state index in [4.69, 9.17) is 5.11 Å². The zero-order valence-electron chi connectivity index (χ0n) is 10.7. The van der Waals surface area contributed by atoms with E-state index in [1.807, 2.05) is 12.2 Å². The van der Waals surface area contributed by atoms with E-state index in [2.05, 4.69) is 11.6 Å².